The average Bonchev–Trinajstić information content (AvgIpc) is 2.31. The standard InChI is InChI=1S/C12H22N2O4/c1-3-4-9(11(16)17)13-12(18)14-6-5-8(2)10(15)7-14/h8-10,15H,3-7H2,1-2H3,(H,13,18)(H,16,17)/t8?,9-,10?/m0/s1. The highest BCUT2D eigenvalue weighted by Gasteiger charge is 2.29. The largest absolute Gasteiger partial charge is 0.480 e. The maximum absolute atomic E-state index is 11.9. The van der Waals surface area contributed by atoms with Gasteiger partial charge in [-0.2, -0.15) is 0 Å². The van der Waals surface area contributed by atoms with Gasteiger partial charge in [-0.1, -0.05) is 20.3 Å². The number of urea groups is 1. The Labute approximate surface area is 107 Å². The lowest BCUT2D eigenvalue weighted by Crippen LogP contribution is -2.53. The van der Waals surface area contributed by atoms with Crippen molar-refractivity contribution >= 4 is 12.0 Å². The summed E-state index contributed by atoms with van der Waals surface area (Å²) in [7, 11) is 0. The maximum atomic E-state index is 11.9. The number of carbonyl (C=O) groups is 2. The zero-order valence-electron chi connectivity index (χ0n) is 10.9. The number of amides is 2. The van der Waals surface area contributed by atoms with Crippen LogP contribution in [0.5, 0.6) is 0 Å². The first-order valence-electron chi connectivity index (χ1n) is 6.42. The Bertz CT molecular complexity index is 308. The number of carboxylic acid groups (broad SMARTS) is 1. The van der Waals surface area contributed by atoms with E-state index in [1.807, 2.05) is 13.8 Å². The van der Waals surface area contributed by atoms with Crippen LogP contribution in [-0.4, -0.2) is 52.3 Å². The third kappa shape index (κ3) is 3.87. The molecule has 1 saturated heterocycles. The number of carboxylic acids is 1. The molecule has 3 atom stereocenters. The molecule has 1 fully saturated rings. The Morgan fingerprint density at radius 1 is 1.50 bits per heavy atom. The summed E-state index contributed by atoms with van der Waals surface area (Å²) >= 11 is 0. The van der Waals surface area contributed by atoms with Crippen LogP contribution in [0.25, 0.3) is 0 Å². The molecule has 6 heteroatoms. The first-order chi connectivity index (χ1) is 8.45. The molecule has 0 bridgehead atoms. The topological polar surface area (TPSA) is 89.9 Å². The van der Waals surface area contributed by atoms with E-state index in [0.29, 0.717) is 19.4 Å². The van der Waals surface area contributed by atoms with E-state index in [-0.39, 0.29) is 12.5 Å². The molecule has 1 heterocycles. The van der Waals surface area contributed by atoms with Gasteiger partial charge in [0.2, 0.25) is 0 Å². The second-order valence-electron chi connectivity index (χ2n) is 4.91. The average molecular weight is 258 g/mol. The van der Waals surface area contributed by atoms with E-state index >= 15 is 0 Å². The van der Waals surface area contributed by atoms with Crippen molar-refractivity contribution in [2.24, 2.45) is 5.92 Å². The highest BCUT2D eigenvalue weighted by Crippen LogP contribution is 2.17. The number of nitrogens with one attached hydrogen (secondary N) is 1. The Kier molecular flexibility index (Phi) is 5.40. The van der Waals surface area contributed by atoms with Gasteiger partial charge in [0, 0.05) is 13.1 Å². The summed E-state index contributed by atoms with van der Waals surface area (Å²) in [5.74, 6) is -0.837. The zero-order valence-corrected chi connectivity index (χ0v) is 10.9. The molecule has 0 aromatic rings. The van der Waals surface area contributed by atoms with Gasteiger partial charge in [0.1, 0.15) is 6.04 Å². The molecule has 2 amide bonds. The Hall–Kier alpha value is -1.30. The highest BCUT2D eigenvalue weighted by atomic mass is 16.4. The molecule has 2 unspecified atom stereocenters. The molecular formula is C12H22N2O4. The van der Waals surface area contributed by atoms with Crippen molar-refractivity contribution in [3.8, 4) is 0 Å². The van der Waals surface area contributed by atoms with Crippen molar-refractivity contribution in [3.05, 3.63) is 0 Å². The molecule has 0 spiro atoms. The molecule has 0 aliphatic carbocycles. The molecule has 1 rings (SSSR count). The van der Waals surface area contributed by atoms with Gasteiger partial charge in [0.25, 0.3) is 0 Å². The number of aliphatic hydroxyl groups excluding tert-OH is 1. The monoisotopic (exact) mass is 258 g/mol. The summed E-state index contributed by atoms with van der Waals surface area (Å²) in [5.41, 5.74) is 0. The molecule has 3 N–H and O–H groups in total. The van der Waals surface area contributed by atoms with Gasteiger partial charge >= 0.3 is 12.0 Å². The molecule has 18 heavy (non-hydrogen) atoms. The molecular weight excluding hydrogens is 236 g/mol. The van der Waals surface area contributed by atoms with Crippen LogP contribution in [0.2, 0.25) is 0 Å². The van der Waals surface area contributed by atoms with Gasteiger partial charge < -0.3 is 20.4 Å². The third-order valence-corrected chi connectivity index (χ3v) is 3.38. The molecule has 0 saturated carbocycles. The number of aliphatic carboxylic acids is 1. The van der Waals surface area contributed by atoms with Gasteiger partial charge in [-0.3, -0.25) is 0 Å². The highest BCUT2D eigenvalue weighted by molar-refractivity contribution is 5.82. The van der Waals surface area contributed by atoms with Crippen molar-refractivity contribution in [1.29, 1.82) is 0 Å². The first kappa shape index (κ1) is 14.8. The number of nitrogens with zero attached hydrogens (tertiary/aromatic N) is 1. The van der Waals surface area contributed by atoms with Crippen LogP contribution in [0, 0.1) is 5.92 Å². The summed E-state index contributed by atoms with van der Waals surface area (Å²) in [4.78, 5) is 24.3. The van der Waals surface area contributed by atoms with E-state index in [9.17, 15) is 14.7 Å². The van der Waals surface area contributed by atoms with E-state index in [1.54, 1.807) is 0 Å². The number of aliphatic hydroxyl groups is 1. The van der Waals surface area contributed by atoms with Crippen molar-refractivity contribution in [2.75, 3.05) is 13.1 Å². The van der Waals surface area contributed by atoms with Crippen molar-refractivity contribution < 1.29 is 19.8 Å². The van der Waals surface area contributed by atoms with Crippen LogP contribution in [-0.2, 0) is 4.79 Å². The molecule has 6 nitrogen and oxygen atoms in total. The van der Waals surface area contributed by atoms with Gasteiger partial charge in [0.05, 0.1) is 6.10 Å². The SMILES string of the molecule is CCC[C@H](NC(=O)N1CCC(C)C(O)C1)C(=O)O. The minimum Gasteiger partial charge on any atom is -0.480 e. The summed E-state index contributed by atoms with van der Waals surface area (Å²) in [6.07, 6.45) is 1.31. The van der Waals surface area contributed by atoms with E-state index in [4.69, 9.17) is 5.11 Å². The number of hydrogen-bond donors (Lipinski definition) is 3. The predicted octanol–water partition coefficient (Wildman–Crippen LogP) is 0.652. The lowest BCUT2D eigenvalue weighted by atomic mass is 9.96. The smallest absolute Gasteiger partial charge is 0.326 e. The van der Waals surface area contributed by atoms with Crippen LogP contribution in [0.15, 0.2) is 0 Å². The third-order valence-electron chi connectivity index (χ3n) is 3.38. The maximum Gasteiger partial charge on any atom is 0.326 e. The van der Waals surface area contributed by atoms with Crippen molar-refractivity contribution in [3.63, 3.8) is 0 Å². The Balaban J connectivity index is 2.51. The second-order valence-corrected chi connectivity index (χ2v) is 4.91. The van der Waals surface area contributed by atoms with Crippen LogP contribution >= 0.6 is 0 Å². The van der Waals surface area contributed by atoms with Crippen LogP contribution < -0.4 is 5.32 Å². The quantitative estimate of drug-likeness (QED) is 0.690. The van der Waals surface area contributed by atoms with E-state index in [1.165, 1.54) is 4.90 Å². The fraction of sp³-hybridized carbons (Fsp3) is 0.833. The number of β-amino-alcohol motifs (C(OH)–C–C–N with tert-alkyl or cyclic N) is 1. The number of carbonyl (C=O) groups excluding carboxylic acids is 1. The first-order valence-corrected chi connectivity index (χ1v) is 6.42. The summed E-state index contributed by atoms with van der Waals surface area (Å²) < 4.78 is 0. The van der Waals surface area contributed by atoms with Crippen molar-refractivity contribution in [2.45, 2.75) is 45.3 Å². The number of likely N-dealkylation sites (tertiary alicyclic amines) is 1. The van der Waals surface area contributed by atoms with Crippen LogP contribution in [0.1, 0.15) is 33.1 Å². The lowest BCUT2D eigenvalue weighted by Gasteiger charge is -2.34. The van der Waals surface area contributed by atoms with Gasteiger partial charge in [0.15, 0.2) is 0 Å². The molecule has 1 aliphatic rings. The minimum atomic E-state index is -1.02. The van der Waals surface area contributed by atoms with Gasteiger partial charge in [-0.15, -0.1) is 0 Å². The minimum absolute atomic E-state index is 0.181. The fourth-order valence-corrected chi connectivity index (χ4v) is 2.02. The second kappa shape index (κ2) is 6.58. The molecule has 0 aromatic carbocycles. The van der Waals surface area contributed by atoms with E-state index < -0.39 is 24.1 Å². The molecule has 0 aromatic heterocycles. The summed E-state index contributed by atoms with van der Waals surface area (Å²) in [6, 6.07) is -1.25. The number of hydrogen-bond acceptors (Lipinski definition) is 3. The van der Waals surface area contributed by atoms with Crippen molar-refractivity contribution in [1.82, 2.24) is 10.2 Å². The Morgan fingerprint density at radius 3 is 2.67 bits per heavy atom. The lowest BCUT2D eigenvalue weighted by molar-refractivity contribution is -0.139. The summed E-state index contributed by atoms with van der Waals surface area (Å²) in [6.45, 7) is 4.64. The van der Waals surface area contributed by atoms with Crippen LogP contribution in [0.4, 0.5) is 4.79 Å². The Morgan fingerprint density at radius 2 is 2.17 bits per heavy atom. The van der Waals surface area contributed by atoms with Gasteiger partial charge in [-0.25, -0.2) is 9.59 Å². The van der Waals surface area contributed by atoms with E-state index in [0.717, 1.165) is 6.42 Å². The number of piperidine rings is 1. The molecule has 104 valence electrons. The van der Waals surface area contributed by atoms with Gasteiger partial charge in [-0.05, 0) is 18.8 Å². The fourth-order valence-electron chi connectivity index (χ4n) is 2.02. The van der Waals surface area contributed by atoms with Crippen LogP contribution in [0.3, 0.4) is 0 Å². The number of rotatable bonds is 4. The zero-order chi connectivity index (χ0) is 13.7. The summed E-state index contributed by atoms with van der Waals surface area (Å²) in [5, 5.41) is 21.2. The normalized spacial score (nSPS) is 25.6. The predicted molar refractivity (Wildman–Crippen MR) is 66.2 cm³/mol. The molecule has 1 aliphatic heterocycles. The molecule has 0 radical (unpaired) electrons. The van der Waals surface area contributed by atoms with E-state index in [2.05, 4.69) is 5.32 Å².